The highest BCUT2D eigenvalue weighted by Crippen LogP contribution is 2.32. The van der Waals surface area contributed by atoms with E-state index in [1.807, 2.05) is 32.0 Å². The van der Waals surface area contributed by atoms with Gasteiger partial charge >= 0.3 is 0 Å². The molecule has 21 heavy (non-hydrogen) atoms. The number of ketones is 1. The number of nitrogens with zero attached hydrogens (tertiary/aromatic N) is 1. The van der Waals surface area contributed by atoms with Crippen LogP contribution >= 0.6 is 0 Å². The summed E-state index contributed by atoms with van der Waals surface area (Å²) < 4.78 is 11.3. The SMILES string of the molecule is CCN(CC)C(C)(C)C(=O)c1ccc2c(c1)OCCCO2. The molecule has 1 aliphatic heterocycles. The highest BCUT2D eigenvalue weighted by molar-refractivity contribution is 6.03. The van der Waals surface area contributed by atoms with E-state index in [0.717, 1.165) is 25.3 Å². The van der Waals surface area contributed by atoms with Crippen LogP contribution in [0, 0.1) is 0 Å². The van der Waals surface area contributed by atoms with Crippen molar-refractivity contribution in [1.29, 1.82) is 0 Å². The van der Waals surface area contributed by atoms with Gasteiger partial charge in [0.05, 0.1) is 18.8 Å². The molecule has 116 valence electrons. The number of fused-ring (bicyclic) bond motifs is 1. The average Bonchev–Trinajstić information content (AvgIpc) is 2.71. The van der Waals surface area contributed by atoms with Crippen molar-refractivity contribution < 1.29 is 14.3 Å². The molecular formula is C17H25NO3. The summed E-state index contributed by atoms with van der Waals surface area (Å²) in [5, 5.41) is 0. The average molecular weight is 291 g/mol. The zero-order valence-corrected chi connectivity index (χ0v) is 13.4. The Balaban J connectivity index is 2.29. The molecule has 1 aliphatic rings. The highest BCUT2D eigenvalue weighted by atomic mass is 16.5. The van der Waals surface area contributed by atoms with Gasteiger partial charge in [0.25, 0.3) is 0 Å². The topological polar surface area (TPSA) is 38.8 Å². The first kappa shape index (κ1) is 15.8. The van der Waals surface area contributed by atoms with Crippen LogP contribution in [0.5, 0.6) is 11.5 Å². The second-order valence-corrected chi connectivity index (χ2v) is 5.77. The summed E-state index contributed by atoms with van der Waals surface area (Å²) in [4.78, 5) is 15.0. The van der Waals surface area contributed by atoms with Crippen LogP contribution in [0.15, 0.2) is 18.2 Å². The molecule has 0 unspecified atom stereocenters. The maximum absolute atomic E-state index is 12.9. The molecule has 0 bridgehead atoms. The summed E-state index contributed by atoms with van der Waals surface area (Å²) in [6.07, 6.45) is 0.864. The molecule has 0 saturated heterocycles. The number of hydrogen-bond donors (Lipinski definition) is 0. The summed E-state index contributed by atoms with van der Waals surface area (Å²) in [6, 6.07) is 5.49. The fourth-order valence-electron chi connectivity index (χ4n) is 2.82. The van der Waals surface area contributed by atoms with Crippen molar-refractivity contribution in [2.75, 3.05) is 26.3 Å². The Hall–Kier alpha value is -1.55. The minimum atomic E-state index is -0.524. The molecule has 0 amide bonds. The molecule has 4 nitrogen and oxygen atoms in total. The smallest absolute Gasteiger partial charge is 0.182 e. The zero-order chi connectivity index (χ0) is 15.5. The van der Waals surface area contributed by atoms with Gasteiger partial charge in [0.2, 0.25) is 0 Å². The maximum Gasteiger partial charge on any atom is 0.182 e. The number of hydrogen-bond acceptors (Lipinski definition) is 4. The van der Waals surface area contributed by atoms with E-state index >= 15 is 0 Å². The quantitative estimate of drug-likeness (QED) is 0.781. The Morgan fingerprint density at radius 1 is 1.14 bits per heavy atom. The molecule has 0 saturated carbocycles. The minimum absolute atomic E-state index is 0.113. The molecule has 0 N–H and O–H groups in total. The molecule has 1 aromatic rings. The zero-order valence-electron chi connectivity index (χ0n) is 13.4. The minimum Gasteiger partial charge on any atom is -0.490 e. The van der Waals surface area contributed by atoms with Crippen molar-refractivity contribution in [2.24, 2.45) is 0 Å². The molecule has 0 aliphatic carbocycles. The monoisotopic (exact) mass is 291 g/mol. The third kappa shape index (κ3) is 3.21. The van der Waals surface area contributed by atoms with Crippen LogP contribution < -0.4 is 9.47 Å². The lowest BCUT2D eigenvalue weighted by Crippen LogP contribution is -2.49. The van der Waals surface area contributed by atoms with Crippen LogP contribution in [-0.2, 0) is 0 Å². The van der Waals surface area contributed by atoms with Crippen molar-refractivity contribution in [1.82, 2.24) is 4.90 Å². The molecule has 0 aromatic heterocycles. The Morgan fingerprint density at radius 3 is 2.38 bits per heavy atom. The van der Waals surface area contributed by atoms with Gasteiger partial charge in [-0.05, 0) is 45.1 Å². The molecule has 0 spiro atoms. The fourth-order valence-corrected chi connectivity index (χ4v) is 2.82. The largest absolute Gasteiger partial charge is 0.490 e. The number of benzene rings is 1. The number of likely N-dealkylation sites (N-methyl/N-ethyl adjacent to an activating group) is 1. The van der Waals surface area contributed by atoms with E-state index in [1.54, 1.807) is 0 Å². The van der Waals surface area contributed by atoms with E-state index in [2.05, 4.69) is 18.7 Å². The number of Topliss-reactive ketones (excluding diaryl/α,β-unsaturated/α-hetero) is 1. The molecule has 4 heteroatoms. The van der Waals surface area contributed by atoms with Gasteiger partial charge < -0.3 is 9.47 Å². The summed E-state index contributed by atoms with van der Waals surface area (Å²) in [5.74, 6) is 1.51. The summed E-state index contributed by atoms with van der Waals surface area (Å²) >= 11 is 0. The molecule has 1 aromatic carbocycles. The van der Waals surface area contributed by atoms with Crippen LogP contribution in [0.25, 0.3) is 0 Å². The van der Waals surface area contributed by atoms with Gasteiger partial charge in [0.15, 0.2) is 17.3 Å². The second-order valence-electron chi connectivity index (χ2n) is 5.77. The van der Waals surface area contributed by atoms with E-state index in [9.17, 15) is 4.79 Å². The van der Waals surface area contributed by atoms with Crippen LogP contribution in [-0.4, -0.2) is 42.5 Å². The standard InChI is InChI=1S/C17H25NO3/c1-5-18(6-2)17(3,4)16(19)13-8-9-14-15(12-13)21-11-7-10-20-14/h8-9,12H,5-7,10-11H2,1-4H3. The predicted octanol–water partition coefficient (Wildman–Crippen LogP) is 3.15. The lowest BCUT2D eigenvalue weighted by atomic mass is 9.91. The second kappa shape index (κ2) is 6.48. The number of carbonyl (C=O) groups excluding carboxylic acids is 1. The summed E-state index contributed by atoms with van der Waals surface area (Å²) in [6.45, 7) is 11.1. The number of rotatable bonds is 5. The normalized spacial score (nSPS) is 14.9. The number of carbonyl (C=O) groups is 1. The lowest BCUT2D eigenvalue weighted by molar-refractivity contribution is 0.0668. The van der Waals surface area contributed by atoms with Crippen molar-refractivity contribution >= 4 is 5.78 Å². The van der Waals surface area contributed by atoms with Gasteiger partial charge in [0, 0.05) is 12.0 Å². The highest BCUT2D eigenvalue weighted by Gasteiger charge is 2.33. The van der Waals surface area contributed by atoms with Gasteiger partial charge in [-0.2, -0.15) is 0 Å². The van der Waals surface area contributed by atoms with Gasteiger partial charge in [-0.3, -0.25) is 9.69 Å². The molecule has 2 rings (SSSR count). The van der Waals surface area contributed by atoms with Crippen molar-refractivity contribution in [2.45, 2.75) is 39.7 Å². The molecule has 0 fully saturated rings. The first-order valence-electron chi connectivity index (χ1n) is 7.70. The van der Waals surface area contributed by atoms with Gasteiger partial charge in [0.1, 0.15) is 0 Å². The van der Waals surface area contributed by atoms with E-state index in [1.165, 1.54) is 0 Å². The Labute approximate surface area is 127 Å². The lowest BCUT2D eigenvalue weighted by Gasteiger charge is -2.35. The van der Waals surface area contributed by atoms with E-state index in [4.69, 9.17) is 9.47 Å². The maximum atomic E-state index is 12.9. The third-order valence-electron chi connectivity index (χ3n) is 4.12. The van der Waals surface area contributed by atoms with Gasteiger partial charge in [-0.25, -0.2) is 0 Å². The third-order valence-corrected chi connectivity index (χ3v) is 4.12. The first-order chi connectivity index (χ1) is 10.0. The Morgan fingerprint density at radius 2 is 1.76 bits per heavy atom. The van der Waals surface area contributed by atoms with Gasteiger partial charge in [-0.15, -0.1) is 0 Å². The van der Waals surface area contributed by atoms with E-state index < -0.39 is 5.54 Å². The van der Waals surface area contributed by atoms with Crippen molar-refractivity contribution in [3.8, 4) is 11.5 Å². The molecule has 0 radical (unpaired) electrons. The predicted molar refractivity (Wildman–Crippen MR) is 83.4 cm³/mol. The molecular weight excluding hydrogens is 266 g/mol. The van der Waals surface area contributed by atoms with E-state index in [-0.39, 0.29) is 5.78 Å². The molecule has 1 heterocycles. The Kier molecular flexibility index (Phi) is 4.88. The van der Waals surface area contributed by atoms with Crippen molar-refractivity contribution in [3.05, 3.63) is 23.8 Å². The van der Waals surface area contributed by atoms with Gasteiger partial charge in [-0.1, -0.05) is 13.8 Å². The number of ether oxygens (including phenoxy) is 2. The van der Waals surface area contributed by atoms with Crippen LogP contribution in [0.1, 0.15) is 44.5 Å². The Bertz CT molecular complexity index is 507. The van der Waals surface area contributed by atoms with E-state index in [0.29, 0.717) is 24.5 Å². The molecule has 0 atom stereocenters. The fraction of sp³-hybridized carbons (Fsp3) is 0.588. The first-order valence-corrected chi connectivity index (χ1v) is 7.70. The summed E-state index contributed by atoms with van der Waals surface area (Å²) in [7, 11) is 0. The van der Waals surface area contributed by atoms with Crippen LogP contribution in [0.3, 0.4) is 0 Å². The van der Waals surface area contributed by atoms with Crippen molar-refractivity contribution in [3.63, 3.8) is 0 Å². The van der Waals surface area contributed by atoms with Crippen LogP contribution in [0.4, 0.5) is 0 Å². The van der Waals surface area contributed by atoms with Crippen LogP contribution in [0.2, 0.25) is 0 Å². The summed E-state index contributed by atoms with van der Waals surface area (Å²) in [5.41, 5.74) is 0.153.